The normalized spacial score (nSPS) is 49.1. The number of ether oxygens (including phenoxy) is 2. The van der Waals surface area contributed by atoms with Crippen molar-refractivity contribution in [3.8, 4) is 0 Å². The quantitative estimate of drug-likeness (QED) is 0.602. The summed E-state index contributed by atoms with van der Waals surface area (Å²) in [6, 6.07) is 0. The molecule has 6 unspecified atom stereocenters. The molecule has 0 radical (unpaired) electrons. The van der Waals surface area contributed by atoms with E-state index in [1.165, 1.54) is 25.7 Å². The zero-order chi connectivity index (χ0) is 15.4. The van der Waals surface area contributed by atoms with E-state index in [-0.39, 0.29) is 11.7 Å². The summed E-state index contributed by atoms with van der Waals surface area (Å²) in [5.74, 6) is 0.199. The molecule has 0 spiro atoms. The predicted octanol–water partition coefficient (Wildman–Crippen LogP) is 3.53. The lowest BCUT2D eigenvalue weighted by atomic mass is 9.70. The molecule has 2 heterocycles. The summed E-state index contributed by atoms with van der Waals surface area (Å²) in [4.78, 5) is 11.7. The number of hydrogen-bond donors (Lipinski definition) is 1. The van der Waals surface area contributed by atoms with Crippen molar-refractivity contribution in [3.05, 3.63) is 0 Å². The first-order valence-corrected chi connectivity index (χ1v) is 9.07. The molecule has 1 N–H and O–H groups in total. The van der Waals surface area contributed by atoms with E-state index in [9.17, 15) is 9.90 Å². The van der Waals surface area contributed by atoms with E-state index < -0.39 is 11.4 Å². The van der Waals surface area contributed by atoms with E-state index in [2.05, 4.69) is 6.92 Å². The van der Waals surface area contributed by atoms with Gasteiger partial charge in [0.25, 0.3) is 0 Å². The van der Waals surface area contributed by atoms with E-state index in [4.69, 9.17) is 9.47 Å². The van der Waals surface area contributed by atoms with Crippen molar-refractivity contribution < 1.29 is 19.4 Å². The second-order valence-corrected chi connectivity index (χ2v) is 8.35. The molecule has 0 aromatic carbocycles. The third-order valence-corrected chi connectivity index (χ3v) is 6.79. The summed E-state index contributed by atoms with van der Waals surface area (Å²) in [7, 11) is 0. The Bertz CT molecular complexity index is 464. The van der Waals surface area contributed by atoms with Gasteiger partial charge in [0.05, 0.1) is 29.3 Å². The highest BCUT2D eigenvalue weighted by atomic mass is 16.6. The van der Waals surface area contributed by atoms with Crippen LogP contribution in [0.5, 0.6) is 0 Å². The second-order valence-electron chi connectivity index (χ2n) is 8.35. The zero-order valence-electron chi connectivity index (χ0n) is 13.6. The van der Waals surface area contributed by atoms with Crippen LogP contribution in [0.3, 0.4) is 0 Å². The van der Waals surface area contributed by atoms with Gasteiger partial charge in [-0.2, -0.15) is 0 Å². The maximum Gasteiger partial charge on any atom is 0.309 e. The number of carbonyl (C=O) groups is 1. The van der Waals surface area contributed by atoms with Gasteiger partial charge in [-0.25, -0.2) is 0 Å². The molecule has 4 aliphatic rings. The number of carboxylic acids is 1. The molecule has 0 aromatic rings. The second kappa shape index (κ2) is 5.20. The first-order chi connectivity index (χ1) is 10.5. The first-order valence-electron chi connectivity index (χ1n) is 9.07. The number of rotatable bonds is 6. The Balaban J connectivity index is 1.21. The fourth-order valence-electron chi connectivity index (χ4n) is 4.92. The lowest BCUT2D eigenvalue weighted by Crippen LogP contribution is -2.36. The molecule has 4 heteroatoms. The number of hydrogen-bond acceptors (Lipinski definition) is 3. The van der Waals surface area contributed by atoms with Gasteiger partial charge in [-0.05, 0) is 57.8 Å². The summed E-state index contributed by atoms with van der Waals surface area (Å²) in [5.41, 5.74) is -0.283. The van der Waals surface area contributed by atoms with Gasteiger partial charge in [0.2, 0.25) is 0 Å². The molecular weight excluding hydrogens is 280 g/mol. The Hall–Kier alpha value is -0.610. The summed E-state index contributed by atoms with van der Waals surface area (Å²) in [5, 5.41) is 9.67. The van der Waals surface area contributed by atoms with Gasteiger partial charge in [-0.3, -0.25) is 4.79 Å². The van der Waals surface area contributed by atoms with Crippen molar-refractivity contribution in [2.24, 2.45) is 11.3 Å². The topological polar surface area (TPSA) is 62.4 Å². The molecular formula is C18H28O4. The minimum Gasteiger partial charge on any atom is -0.481 e. The monoisotopic (exact) mass is 308 g/mol. The molecule has 0 bridgehead atoms. The standard InChI is InChI=1S/C18H28O4/c1-17-8-5-12(10-15(17)22-17)4-2-3-7-18(16(19)20)9-6-13-14(11-18)21-13/h12-15H,2-11H2,1H3,(H,19,20). The van der Waals surface area contributed by atoms with Crippen LogP contribution in [0, 0.1) is 11.3 Å². The lowest BCUT2D eigenvalue weighted by molar-refractivity contribution is -0.151. The number of aliphatic carboxylic acids is 1. The SMILES string of the molecule is CC12CCC(CCCCC3(C(=O)O)CCC4OC4C3)CC1O2. The van der Waals surface area contributed by atoms with Gasteiger partial charge in [0, 0.05) is 0 Å². The van der Waals surface area contributed by atoms with Crippen molar-refractivity contribution in [2.75, 3.05) is 0 Å². The van der Waals surface area contributed by atoms with Gasteiger partial charge in [-0.15, -0.1) is 0 Å². The Morgan fingerprint density at radius 2 is 2.09 bits per heavy atom. The Labute approximate surface area is 132 Å². The summed E-state index contributed by atoms with van der Waals surface area (Å²) in [6.45, 7) is 2.24. The van der Waals surface area contributed by atoms with Gasteiger partial charge >= 0.3 is 5.97 Å². The fraction of sp³-hybridized carbons (Fsp3) is 0.944. The van der Waals surface area contributed by atoms with Crippen molar-refractivity contribution >= 4 is 5.97 Å². The molecule has 4 fully saturated rings. The van der Waals surface area contributed by atoms with Gasteiger partial charge < -0.3 is 14.6 Å². The van der Waals surface area contributed by atoms with Crippen molar-refractivity contribution in [2.45, 2.75) is 95.0 Å². The van der Waals surface area contributed by atoms with Gasteiger partial charge in [0.15, 0.2) is 0 Å². The highest BCUT2D eigenvalue weighted by Gasteiger charge is 2.55. The van der Waals surface area contributed by atoms with Gasteiger partial charge in [-0.1, -0.05) is 19.3 Å². The average Bonchev–Trinajstić information content (AvgIpc) is 3.37. The summed E-state index contributed by atoms with van der Waals surface area (Å²) >= 11 is 0. The number of carboxylic acid groups (broad SMARTS) is 1. The molecule has 0 amide bonds. The molecule has 2 aliphatic carbocycles. The Morgan fingerprint density at radius 3 is 2.82 bits per heavy atom. The van der Waals surface area contributed by atoms with Crippen LogP contribution in [0.25, 0.3) is 0 Å². The van der Waals surface area contributed by atoms with Crippen LogP contribution in [0.4, 0.5) is 0 Å². The van der Waals surface area contributed by atoms with Crippen LogP contribution in [-0.2, 0) is 14.3 Å². The molecule has 4 nitrogen and oxygen atoms in total. The third kappa shape index (κ3) is 2.69. The van der Waals surface area contributed by atoms with Crippen LogP contribution in [0.15, 0.2) is 0 Å². The van der Waals surface area contributed by atoms with E-state index in [0.717, 1.165) is 44.4 Å². The molecule has 2 aliphatic heterocycles. The van der Waals surface area contributed by atoms with Crippen LogP contribution in [0.2, 0.25) is 0 Å². The van der Waals surface area contributed by atoms with Crippen LogP contribution < -0.4 is 0 Å². The maximum atomic E-state index is 11.7. The van der Waals surface area contributed by atoms with Crippen molar-refractivity contribution in [3.63, 3.8) is 0 Å². The summed E-state index contributed by atoms with van der Waals surface area (Å²) in [6.07, 6.45) is 11.6. The molecule has 6 atom stereocenters. The first kappa shape index (κ1) is 14.9. The maximum absolute atomic E-state index is 11.7. The molecule has 22 heavy (non-hydrogen) atoms. The van der Waals surface area contributed by atoms with E-state index in [1.807, 2.05) is 0 Å². The largest absolute Gasteiger partial charge is 0.481 e. The van der Waals surface area contributed by atoms with Gasteiger partial charge in [0.1, 0.15) is 0 Å². The number of unbranched alkanes of at least 4 members (excludes halogenated alkanes) is 1. The lowest BCUT2D eigenvalue weighted by Gasteiger charge is -2.31. The van der Waals surface area contributed by atoms with Crippen molar-refractivity contribution in [1.82, 2.24) is 0 Å². The molecule has 4 rings (SSSR count). The van der Waals surface area contributed by atoms with E-state index >= 15 is 0 Å². The van der Waals surface area contributed by atoms with Crippen LogP contribution in [-0.4, -0.2) is 35.0 Å². The Kier molecular flexibility index (Phi) is 3.53. The van der Waals surface area contributed by atoms with E-state index in [0.29, 0.717) is 12.2 Å². The van der Waals surface area contributed by atoms with Crippen molar-refractivity contribution in [1.29, 1.82) is 0 Å². The van der Waals surface area contributed by atoms with Crippen LogP contribution >= 0.6 is 0 Å². The third-order valence-electron chi connectivity index (χ3n) is 6.79. The van der Waals surface area contributed by atoms with Crippen LogP contribution in [0.1, 0.15) is 71.1 Å². The predicted molar refractivity (Wildman–Crippen MR) is 81.7 cm³/mol. The minimum atomic E-state index is -0.596. The zero-order valence-corrected chi connectivity index (χ0v) is 13.6. The molecule has 2 saturated heterocycles. The minimum absolute atomic E-state index is 0.215. The number of epoxide rings is 2. The smallest absolute Gasteiger partial charge is 0.309 e. The molecule has 0 aromatic heterocycles. The Morgan fingerprint density at radius 1 is 1.23 bits per heavy atom. The highest BCUT2D eigenvalue weighted by Crippen LogP contribution is 2.51. The highest BCUT2D eigenvalue weighted by molar-refractivity contribution is 5.75. The fourth-order valence-corrected chi connectivity index (χ4v) is 4.92. The average molecular weight is 308 g/mol. The molecule has 124 valence electrons. The summed E-state index contributed by atoms with van der Waals surface area (Å²) < 4.78 is 11.3. The van der Waals surface area contributed by atoms with E-state index in [1.54, 1.807) is 0 Å². The number of fused-ring (bicyclic) bond motifs is 2. The molecule has 2 saturated carbocycles.